The molecule has 2 rings (SSSR count). The molecule has 0 radical (unpaired) electrons. The lowest BCUT2D eigenvalue weighted by atomic mass is 9.99. The van der Waals surface area contributed by atoms with Crippen LogP contribution in [-0.2, 0) is 25.5 Å². The zero-order valence-corrected chi connectivity index (χ0v) is 12.3. The van der Waals surface area contributed by atoms with Gasteiger partial charge in [-0.05, 0) is 30.0 Å². The Morgan fingerprint density at radius 1 is 1.42 bits per heavy atom. The van der Waals surface area contributed by atoms with Crippen molar-refractivity contribution in [1.82, 2.24) is 0 Å². The Bertz CT molecular complexity index is 625. The first-order valence-corrected chi connectivity index (χ1v) is 8.27. The summed E-state index contributed by atoms with van der Waals surface area (Å²) < 4.78 is 31.3. The van der Waals surface area contributed by atoms with Crippen LogP contribution in [0.2, 0.25) is 0 Å². The molecule has 0 bridgehead atoms. The van der Waals surface area contributed by atoms with Crippen molar-refractivity contribution in [2.45, 2.75) is 12.8 Å². The minimum atomic E-state index is -3.43. The second-order valence-corrected chi connectivity index (χ2v) is 7.03. The zero-order valence-electron chi connectivity index (χ0n) is 10.6. The molecular formula is C12H14O5S2. The maximum absolute atomic E-state index is 11.4. The normalized spacial score (nSPS) is 14.7. The summed E-state index contributed by atoms with van der Waals surface area (Å²) in [6, 6.07) is 1.77. The van der Waals surface area contributed by atoms with Gasteiger partial charge in [0.15, 0.2) is 0 Å². The van der Waals surface area contributed by atoms with Gasteiger partial charge in [-0.2, -0.15) is 8.42 Å². The van der Waals surface area contributed by atoms with Gasteiger partial charge in [0.25, 0.3) is 10.1 Å². The summed E-state index contributed by atoms with van der Waals surface area (Å²) in [5.41, 5.74) is 1.86. The van der Waals surface area contributed by atoms with Gasteiger partial charge in [0, 0.05) is 4.88 Å². The molecule has 1 aliphatic rings. The number of ether oxygens (including phenoxy) is 1. The molecule has 0 fully saturated rings. The minimum Gasteiger partial charge on any atom is -0.465 e. The van der Waals surface area contributed by atoms with Gasteiger partial charge in [-0.1, -0.05) is 6.08 Å². The van der Waals surface area contributed by atoms with Crippen LogP contribution in [0, 0.1) is 0 Å². The van der Waals surface area contributed by atoms with Gasteiger partial charge in [-0.3, -0.25) is 4.18 Å². The molecule has 104 valence electrons. The maximum Gasteiger partial charge on any atom is 0.348 e. The predicted molar refractivity (Wildman–Crippen MR) is 72.8 cm³/mol. The van der Waals surface area contributed by atoms with E-state index < -0.39 is 10.1 Å². The van der Waals surface area contributed by atoms with Crippen molar-refractivity contribution in [2.75, 3.05) is 20.0 Å². The van der Waals surface area contributed by atoms with Crippen LogP contribution in [0.5, 0.6) is 0 Å². The molecule has 1 aromatic heterocycles. The highest BCUT2D eigenvalue weighted by molar-refractivity contribution is 7.86. The molecule has 0 spiro atoms. The summed E-state index contributed by atoms with van der Waals surface area (Å²) >= 11 is 1.42. The van der Waals surface area contributed by atoms with E-state index in [-0.39, 0.29) is 12.6 Å². The van der Waals surface area contributed by atoms with Gasteiger partial charge < -0.3 is 4.74 Å². The molecule has 5 nitrogen and oxygen atoms in total. The Labute approximate surface area is 116 Å². The quantitative estimate of drug-likeness (QED) is 0.627. The number of hydrogen-bond acceptors (Lipinski definition) is 6. The third kappa shape index (κ3) is 3.65. The summed E-state index contributed by atoms with van der Waals surface area (Å²) in [7, 11) is -2.08. The number of carbonyl (C=O) groups is 1. The van der Waals surface area contributed by atoms with Gasteiger partial charge in [0.05, 0.1) is 20.0 Å². The number of carbonyl (C=O) groups excluding carboxylic acids is 1. The van der Waals surface area contributed by atoms with Crippen molar-refractivity contribution in [3.8, 4) is 0 Å². The van der Waals surface area contributed by atoms with E-state index in [1.807, 2.05) is 6.08 Å². The number of methoxy groups -OCH3 is 1. The number of thiophene rings is 1. The third-order valence-electron chi connectivity index (χ3n) is 2.72. The lowest BCUT2D eigenvalue weighted by Gasteiger charge is -2.12. The number of aryl methyl sites for hydroxylation is 1. The van der Waals surface area contributed by atoms with Crippen LogP contribution in [0.3, 0.4) is 0 Å². The molecule has 7 heteroatoms. The van der Waals surface area contributed by atoms with Gasteiger partial charge in [-0.25, -0.2) is 4.79 Å². The fourth-order valence-electron chi connectivity index (χ4n) is 1.82. The van der Waals surface area contributed by atoms with Crippen LogP contribution >= 0.6 is 11.3 Å². The van der Waals surface area contributed by atoms with E-state index in [2.05, 4.69) is 4.74 Å². The molecule has 1 heterocycles. The summed E-state index contributed by atoms with van der Waals surface area (Å²) in [5.74, 6) is -0.346. The molecule has 0 atom stereocenters. The summed E-state index contributed by atoms with van der Waals surface area (Å²) in [6.07, 6.45) is 4.44. The van der Waals surface area contributed by atoms with E-state index in [4.69, 9.17) is 4.18 Å². The average molecular weight is 302 g/mol. The Morgan fingerprint density at radius 2 is 2.16 bits per heavy atom. The summed E-state index contributed by atoms with van der Waals surface area (Å²) in [5, 5.41) is 0. The van der Waals surface area contributed by atoms with E-state index in [0.717, 1.165) is 35.1 Å². The van der Waals surface area contributed by atoms with Crippen LogP contribution in [0.25, 0.3) is 6.08 Å². The van der Waals surface area contributed by atoms with Crippen LogP contribution in [0.1, 0.15) is 26.5 Å². The van der Waals surface area contributed by atoms with Gasteiger partial charge in [0.1, 0.15) is 4.88 Å². The molecule has 0 amide bonds. The highest BCUT2D eigenvalue weighted by atomic mass is 32.2. The summed E-state index contributed by atoms with van der Waals surface area (Å²) in [4.78, 5) is 13.1. The molecule has 0 saturated heterocycles. The molecular weight excluding hydrogens is 288 g/mol. The van der Waals surface area contributed by atoms with Crippen LogP contribution in [-0.4, -0.2) is 34.4 Å². The minimum absolute atomic E-state index is 0.0711. The summed E-state index contributed by atoms with van der Waals surface area (Å²) in [6.45, 7) is 0.0711. The number of rotatable bonds is 4. The zero-order chi connectivity index (χ0) is 14.0. The Morgan fingerprint density at radius 3 is 2.79 bits per heavy atom. The Hall–Kier alpha value is -1.18. The molecule has 0 aliphatic heterocycles. The topological polar surface area (TPSA) is 69.7 Å². The fourth-order valence-corrected chi connectivity index (χ4v) is 3.25. The number of fused-ring (bicyclic) bond motifs is 1. The van der Waals surface area contributed by atoms with E-state index in [9.17, 15) is 13.2 Å². The lowest BCUT2D eigenvalue weighted by Crippen LogP contribution is -2.08. The molecule has 1 aromatic rings. The van der Waals surface area contributed by atoms with Crippen LogP contribution in [0.15, 0.2) is 11.6 Å². The second kappa shape index (κ2) is 5.44. The Kier molecular flexibility index (Phi) is 4.07. The van der Waals surface area contributed by atoms with Crippen molar-refractivity contribution in [2.24, 2.45) is 0 Å². The third-order valence-corrected chi connectivity index (χ3v) is 4.46. The van der Waals surface area contributed by atoms with Crippen LogP contribution < -0.4 is 0 Å². The van der Waals surface area contributed by atoms with E-state index in [1.54, 1.807) is 6.07 Å². The van der Waals surface area contributed by atoms with Crippen molar-refractivity contribution in [3.05, 3.63) is 27.0 Å². The fraction of sp³-hybridized carbons (Fsp3) is 0.417. The van der Waals surface area contributed by atoms with Gasteiger partial charge in [-0.15, -0.1) is 11.3 Å². The number of hydrogen-bond donors (Lipinski definition) is 0. The smallest absolute Gasteiger partial charge is 0.348 e. The largest absolute Gasteiger partial charge is 0.465 e. The van der Waals surface area contributed by atoms with Gasteiger partial charge >= 0.3 is 5.97 Å². The van der Waals surface area contributed by atoms with E-state index >= 15 is 0 Å². The SMILES string of the molecule is COC(=O)c1cc2c(s1)CCC(COS(C)(=O)=O)=C2. The molecule has 0 N–H and O–H groups in total. The first-order valence-electron chi connectivity index (χ1n) is 5.64. The van der Waals surface area contributed by atoms with Crippen molar-refractivity contribution < 1.29 is 22.1 Å². The molecule has 0 unspecified atom stereocenters. The van der Waals surface area contributed by atoms with E-state index in [1.165, 1.54) is 18.4 Å². The highest BCUT2D eigenvalue weighted by Gasteiger charge is 2.18. The second-order valence-electron chi connectivity index (χ2n) is 4.25. The number of esters is 1. The highest BCUT2D eigenvalue weighted by Crippen LogP contribution is 2.31. The molecule has 1 aliphatic carbocycles. The maximum atomic E-state index is 11.4. The standard InChI is InChI=1S/C12H14O5S2/c1-16-12(13)11-6-9-5-8(3-4-10(9)18-11)7-17-19(2,14)15/h5-6H,3-4,7H2,1-2H3. The first-order chi connectivity index (χ1) is 8.89. The average Bonchev–Trinajstić information content (AvgIpc) is 2.77. The lowest BCUT2D eigenvalue weighted by molar-refractivity contribution is 0.0606. The van der Waals surface area contributed by atoms with Crippen molar-refractivity contribution in [1.29, 1.82) is 0 Å². The van der Waals surface area contributed by atoms with Crippen molar-refractivity contribution in [3.63, 3.8) is 0 Å². The molecule has 0 saturated carbocycles. The first kappa shape index (κ1) is 14.2. The van der Waals surface area contributed by atoms with Gasteiger partial charge in [0.2, 0.25) is 0 Å². The molecule has 0 aromatic carbocycles. The Balaban J connectivity index is 2.16. The van der Waals surface area contributed by atoms with Crippen molar-refractivity contribution >= 4 is 33.5 Å². The predicted octanol–water partition coefficient (Wildman–Crippen LogP) is 1.84. The molecule has 19 heavy (non-hydrogen) atoms. The van der Waals surface area contributed by atoms with E-state index in [0.29, 0.717) is 4.88 Å². The van der Waals surface area contributed by atoms with Crippen LogP contribution in [0.4, 0.5) is 0 Å². The monoisotopic (exact) mass is 302 g/mol.